The molecule has 0 saturated carbocycles. The van der Waals surface area contributed by atoms with E-state index in [4.69, 9.17) is 0 Å². The number of piperidine rings is 1. The summed E-state index contributed by atoms with van der Waals surface area (Å²) in [4.78, 5) is 0. The molecular formula is C15H19N3. The second-order valence-corrected chi connectivity index (χ2v) is 5.04. The number of nitrogens with one attached hydrogen (secondary N) is 2. The lowest BCUT2D eigenvalue weighted by Gasteiger charge is -2.21. The van der Waals surface area contributed by atoms with E-state index in [0.29, 0.717) is 0 Å². The van der Waals surface area contributed by atoms with Gasteiger partial charge in [-0.15, -0.1) is 0 Å². The summed E-state index contributed by atoms with van der Waals surface area (Å²) in [5.41, 5.74) is 3.51. The molecule has 94 valence electrons. The Balaban J connectivity index is 1.69. The van der Waals surface area contributed by atoms with Gasteiger partial charge in [0.2, 0.25) is 0 Å². The molecule has 1 aromatic heterocycles. The van der Waals surface area contributed by atoms with Crippen LogP contribution < -0.4 is 5.32 Å². The minimum Gasteiger partial charge on any atom is -0.317 e. The van der Waals surface area contributed by atoms with E-state index < -0.39 is 0 Å². The van der Waals surface area contributed by atoms with Gasteiger partial charge in [0.25, 0.3) is 0 Å². The van der Waals surface area contributed by atoms with Crippen LogP contribution in [0.25, 0.3) is 11.3 Å². The van der Waals surface area contributed by atoms with Crippen LogP contribution in [0.5, 0.6) is 0 Å². The largest absolute Gasteiger partial charge is 0.317 e. The lowest BCUT2D eigenvalue weighted by Crippen LogP contribution is -2.28. The summed E-state index contributed by atoms with van der Waals surface area (Å²) in [5, 5.41) is 11.0. The quantitative estimate of drug-likeness (QED) is 0.867. The smallest absolute Gasteiger partial charge is 0.0923 e. The van der Waals surface area contributed by atoms with Crippen LogP contribution in [0.4, 0.5) is 0 Å². The minimum absolute atomic E-state index is 0.801. The van der Waals surface area contributed by atoms with Crippen molar-refractivity contribution in [3.8, 4) is 11.3 Å². The van der Waals surface area contributed by atoms with Gasteiger partial charge in [-0.3, -0.25) is 5.10 Å². The fourth-order valence-electron chi connectivity index (χ4n) is 2.62. The molecule has 2 N–H and O–H groups in total. The Morgan fingerprint density at radius 3 is 2.67 bits per heavy atom. The molecule has 1 saturated heterocycles. The molecule has 0 atom stereocenters. The predicted molar refractivity (Wildman–Crippen MR) is 73.3 cm³/mol. The predicted octanol–water partition coefficient (Wildman–Crippen LogP) is 2.62. The third-order valence-corrected chi connectivity index (χ3v) is 3.67. The topological polar surface area (TPSA) is 40.7 Å². The highest BCUT2D eigenvalue weighted by molar-refractivity contribution is 5.58. The van der Waals surface area contributed by atoms with Gasteiger partial charge in [-0.05, 0) is 44.3 Å². The van der Waals surface area contributed by atoms with Crippen LogP contribution >= 0.6 is 0 Å². The Bertz CT molecular complexity index is 483. The van der Waals surface area contributed by atoms with Crippen molar-refractivity contribution in [2.24, 2.45) is 5.92 Å². The first kappa shape index (κ1) is 11.5. The van der Waals surface area contributed by atoms with Crippen molar-refractivity contribution in [1.82, 2.24) is 15.5 Å². The van der Waals surface area contributed by atoms with Crippen LogP contribution in [-0.2, 0) is 6.42 Å². The molecular weight excluding hydrogens is 222 g/mol. The highest BCUT2D eigenvalue weighted by Gasteiger charge is 2.14. The molecule has 0 spiro atoms. The zero-order chi connectivity index (χ0) is 12.2. The molecule has 18 heavy (non-hydrogen) atoms. The first-order valence-electron chi connectivity index (χ1n) is 6.72. The summed E-state index contributed by atoms with van der Waals surface area (Å²) < 4.78 is 0. The fourth-order valence-corrected chi connectivity index (χ4v) is 2.62. The second-order valence-electron chi connectivity index (χ2n) is 5.04. The molecule has 2 aromatic rings. The highest BCUT2D eigenvalue weighted by atomic mass is 15.1. The summed E-state index contributed by atoms with van der Waals surface area (Å²) >= 11 is 0. The number of aromatic amines is 1. The molecule has 0 bridgehead atoms. The van der Waals surface area contributed by atoms with Crippen molar-refractivity contribution < 1.29 is 0 Å². The summed E-state index contributed by atoms with van der Waals surface area (Å²) in [6.45, 7) is 2.31. The Labute approximate surface area is 108 Å². The van der Waals surface area contributed by atoms with E-state index in [1.807, 2.05) is 6.07 Å². The molecule has 1 aromatic carbocycles. The van der Waals surface area contributed by atoms with Crippen molar-refractivity contribution in [1.29, 1.82) is 0 Å². The molecule has 0 aliphatic carbocycles. The maximum atomic E-state index is 4.41. The third kappa shape index (κ3) is 2.62. The lowest BCUT2D eigenvalue weighted by atomic mass is 9.93. The number of hydrogen-bond donors (Lipinski definition) is 2. The van der Waals surface area contributed by atoms with Crippen LogP contribution in [0.2, 0.25) is 0 Å². The molecule has 0 amide bonds. The van der Waals surface area contributed by atoms with E-state index >= 15 is 0 Å². The van der Waals surface area contributed by atoms with Gasteiger partial charge >= 0.3 is 0 Å². The van der Waals surface area contributed by atoms with Crippen LogP contribution in [0.1, 0.15) is 18.5 Å². The first-order valence-corrected chi connectivity index (χ1v) is 6.72. The van der Waals surface area contributed by atoms with Gasteiger partial charge in [0.05, 0.1) is 5.69 Å². The summed E-state index contributed by atoms with van der Waals surface area (Å²) in [5.74, 6) is 0.801. The van der Waals surface area contributed by atoms with E-state index in [1.165, 1.54) is 24.1 Å². The second kappa shape index (κ2) is 5.36. The average Bonchev–Trinajstić information content (AvgIpc) is 2.89. The molecule has 0 radical (unpaired) electrons. The summed E-state index contributed by atoms with van der Waals surface area (Å²) in [6.07, 6.45) is 3.68. The van der Waals surface area contributed by atoms with E-state index in [1.54, 1.807) is 0 Å². The van der Waals surface area contributed by atoms with Gasteiger partial charge in [-0.1, -0.05) is 30.3 Å². The van der Waals surface area contributed by atoms with Crippen LogP contribution in [0.15, 0.2) is 36.4 Å². The summed E-state index contributed by atoms with van der Waals surface area (Å²) in [6, 6.07) is 12.5. The first-order chi connectivity index (χ1) is 8.92. The molecule has 1 aliphatic heterocycles. The van der Waals surface area contributed by atoms with Crippen molar-refractivity contribution in [3.63, 3.8) is 0 Å². The van der Waals surface area contributed by atoms with Crippen molar-refractivity contribution >= 4 is 0 Å². The van der Waals surface area contributed by atoms with Crippen LogP contribution in [0, 0.1) is 5.92 Å². The number of nitrogens with zero attached hydrogens (tertiary/aromatic N) is 1. The normalized spacial score (nSPS) is 16.9. The van der Waals surface area contributed by atoms with Gasteiger partial charge in [-0.25, -0.2) is 0 Å². The molecule has 3 heteroatoms. The average molecular weight is 241 g/mol. The van der Waals surface area contributed by atoms with Gasteiger partial charge in [0.15, 0.2) is 0 Å². The SMILES string of the molecule is c1ccc(-c2cc(CC3CCNCC3)[nH]n2)cc1. The molecule has 2 heterocycles. The van der Waals surface area contributed by atoms with Gasteiger partial charge < -0.3 is 5.32 Å². The molecule has 1 fully saturated rings. The van der Waals surface area contributed by atoms with Gasteiger partial charge in [0, 0.05) is 11.3 Å². The molecule has 1 aliphatic rings. The summed E-state index contributed by atoms with van der Waals surface area (Å²) in [7, 11) is 0. The Kier molecular flexibility index (Phi) is 3.42. The molecule has 3 nitrogen and oxygen atoms in total. The van der Waals surface area contributed by atoms with E-state index in [-0.39, 0.29) is 0 Å². The van der Waals surface area contributed by atoms with Crippen molar-refractivity contribution in [2.45, 2.75) is 19.3 Å². The van der Waals surface area contributed by atoms with E-state index in [0.717, 1.165) is 31.1 Å². The maximum Gasteiger partial charge on any atom is 0.0923 e. The van der Waals surface area contributed by atoms with E-state index in [9.17, 15) is 0 Å². The van der Waals surface area contributed by atoms with Crippen LogP contribution in [-0.4, -0.2) is 23.3 Å². The number of benzene rings is 1. The third-order valence-electron chi connectivity index (χ3n) is 3.67. The number of aromatic nitrogens is 2. The lowest BCUT2D eigenvalue weighted by molar-refractivity contribution is 0.370. The highest BCUT2D eigenvalue weighted by Crippen LogP contribution is 2.21. The fraction of sp³-hybridized carbons (Fsp3) is 0.400. The number of rotatable bonds is 3. The van der Waals surface area contributed by atoms with Crippen molar-refractivity contribution in [3.05, 3.63) is 42.1 Å². The van der Waals surface area contributed by atoms with Crippen molar-refractivity contribution in [2.75, 3.05) is 13.1 Å². The van der Waals surface area contributed by atoms with Crippen LogP contribution in [0.3, 0.4) is 0 Å². The number of hydrogen-bond acceptors (Lipinski definition) is 2. The standard InChI is InChI=1S/C15H19N3/c1-2-4-13(5-3-1)15-11-14(17-18-15)10-12-6-8-16-9-7-12/h1-5,11-12,16H,6-10H2,(H,17,18). The van der Waals surface area contributed by atoms with Gasteiger partial charge in [-0.2, -0.15) is 5.10 Å². The van der Waals surface area contributed by atoms with Gasteiger partial charge in [0.1, 0.15) is 0 Å². The Morgan fingerprint density at radius 1 is 1.11 bits per heavy atom. The number of H-pyrrole nitrogens is 1. The zero-order valence-electron chi connectivity index (χ0n) is 10.5. The molecule has 3 rings (SSSR count). The zero-order valence-corrected chi connectivity index (χ0v) is 10.5. The maximum absolute atomic E-state index is 4.41. The molecule has 0 unspecified atom stereocenters. The van der Waals surface area contributed by atoms with E-state index in [2.05, 4.69) is 45.8 Å². The monoisotopic (exact) mass is 241 g/mol. The minimum atomic E-state index is 0.801. The Morgan fingerprint density at radius 2 is 1.89 bits per heavy atom. The Hall–Kier alpha value is -1.61.